The van der Waals surface area contributed by atoms with Gasteiger partial charge in [-0.15, -0.1) is 0 Å². The van der Waals surface area contributed by atoms with E-state index in [-0.39, 0.29) is 17.1 Å². The minimum atomic E-state index is -0.536. The van der Waals surface area contributed by atoms with Crippen LogP contribution in [0, 0.1) is 0 Å². The van der Waals surface area contributed by atoms with Crippen molar-refractivity contribution in [1.82, 2.24) is 0 Å². The lowest BCUT2D eigenvalue weighted by molar-refractivity contribution is -0.131. The average Bonchev–Trinajstić information content (AvgIpc) is 3.06. The summed E-state index contributed by atoms with van der Waals surface area (Å²) in [6, 6.07) is 39.8. The summed E-state index contributed by atoms with van der Waals surface area (Å²) in [4.78, 5) is 25.2. The zero-order valence-corrected chi connectivity index (χ0v) is 24.3. The van der Waals surface area contributed by atoms with Gasteiger partial charge < -0.3 is 18.9 Å². The number of rotatable bonds is 13. The van der Waals surface area contributed by atoms with E-state index in [1.807, 2.05) is 109 Å². The second-order valence-electron chi connectivity index (χ2n) is 9.97. The van der Waals surface area contributed by atoms with Gasteiger partial charge in [-0.25, -0.2) is 0 Å². The van der Waals surface area contributed by atoms with Crippen molar-refractivity contribution in [3.63, 3.8) is 0 Å². The summed E-state index contributed by atoms with van der Waals surface area (Å²) in [6.07, 6.45) is 3.11. The molecule has 0 saturated heterocycles. The molecule has 0 atom stereocenters. The Balaban J connectivity index is 1.35. The van der Waals surface area contributed by atoms with Crippen molar-refractivity contribution in [1.29, 1.82) is 0 Å². The summed E-state index contributed by atoms with van der Waals surface area (Å²) in [7, 11) is 0. The third-order valence-electron chi connectivity index (χ3n) is 6.61. The van der Waals surface area contributed by atoms with E-state index in [0.717, 1.165) is 16.7 Å². The van der Waals surface area contributed by atoms with Crippen LogP contribution in [-0.2, 0) is 24.6 Å². The topological polar surface area (TPSA) is 71.1 Å². The van der Waals surface area contributed by atoms with E-state index in [0.29, 0.717) is 42.6 Å². The molecule has 6 nitrogen and oxygen atoms in total. The molecule has 5 rings (SSSR count). The van der Waals surface area contributed by atoms with Crippen LogP contribution >= 0.6 is 0 Å². The van der Waals surface area contributed by atoms with Gasteiger partial charge in [0.1, 0.15) is 42.8 Å². The molecule has 0 unspecified atom stereocenters. The number of allylic oxidation sites excluding steroid dienone is 1. The molecule has 0 aliphatic rings. The summed E-state index contributed by atoms with van der Waals surface area (Å²) >= 11 is 0. The van der Waals surface area contributed by atoms with Gasteiger partial charge in [0.05, 0.1) is 5.56 Å². The van der Waals surface area contributed by atoms with Crippen molar-refractivity contribution >= 4 is 17.8 Å². The molecular formula is C38H32O6. The third kappa shape index (κ3) is 8.69. The minimum Gasteiger partial charge on any atom is -0.489 e. The molecule has 0 aliphatic carbocycles. The first-order valence-corrected chi connectivity index (χ1v) is 14.2. The molecule has 0 saturated carbocycles. The fourth-order valence-electron chi connectivity index (χ4n) is 4.37. The molecule has 0 amide bonds. The van der Waals surface area contributed by atoms with Gasteiger partial charge in [-0.05, 0) is 53.1 Å². The van der Waals surface area contributed by atoms with Gasteiger partial charge in [0.25, 0.3) is 0 Å². The largest absolute Gasteiger partial charge is 0.489 e. The van der Waals surface area contributed by atoms with Crippen LogP contribution in [0.5, 0.6) is 23.0 Å². The van der Waals surface area contributed by atoms with Crippen molar-refractivity contribution in [2.75, 3.05) is 0 Å². The van der Waals surface area contributed by atoms with E-state index < -0.39 is 5.97 Å². The Kier molecular flexibility index (Phi) is 10.2. The number of carbonyl (C=O) groups excluding carboxylic acids is 2. The van der Waals surface area contributed by atoms with Crippen LogP contribution in [-0.4, -0.2) is 11.8 Å². The van der Waals surface area contributed by atoms with Crippen LogP contribution in [0.3, 0.4) is 0 Å². The number of esters is 1. The van der Waals surface area contributed by atoms with Gasteiger partial charge in [0.2, 0.25) is 0 Å². The van der Waals surface area contributed by atoms with E-state index in [1.165, 1.54) is 13.0 Å². The maximum absolute atomic E-state index is 13.3. The number of hydrogen-bond acceptors (Lipinski definition) is 6. The first-order valence-electron chi connectivity index (χ1n) is 14.2. The summed E-state index contributed by atoms with van der Waals surface area (Å²) < 4.78 is 23.5. The van der Waals surface area contributed by atoms with E-state index >= 15 is 0 Å². The zero-order valence-electron chi connectivity index (χ0n) is 24.3. The summed E-state index contributed by atoms with van der Waals surface area (Å²) in [5.41, 5.74) is 3.98. The quantitative estimate of drug-likeness (QED) is 0.0601. The molecule has 5 aromatic carbocycles. The van der Waals surface area contributed by atoms with Crippen molar-refractivity contribution in [2.45, 2.75) is 26.7 Å². The van der Waals surface area contributed by atoms with Crippen molar-refractivity contribution in [3.05, 3.63) is 161 Å². The van der Waals surface area contributed by atoms with Gasteiger partial charge in [-0.1, -0.05) is 91.0 Å². The van der Waals surface area contributed by atoms with Crippen molar-refractivity contribution in [3.8, 4) is 23.0 Å². The van der Waals surface area contributed by atoms with E-state index in [9.17, 15) is 9.59 Å². The van der Waals surface area contributed by atoms with E-state index in [1.54, 1.807) is 24.3 Å². The van der Waals surface area contributed by atoms with Crippen LogP contribution in [0.15, 0.2) is 133 Å². The van der Waals surface area contributed by atoms with Gasteiger partial charge in [0, 0.05) is 24.6 Å². The number of ketones is 1. The molecule has 44 heavy (non-hydrogen) atoms. The Bertz CT molecular complexity index is 1710. The summed E-state index contributed by atoms with van der Waals surface area (Å²) in [5.74, 6) is 0.938. The van der Waals surface area contributed by atoms with Gasteiger partial charge in [-0.3, -0.25) is 9.59 Å². The van der Waals surface area contributed by atoms with Crippen LogP contribution in [0.2, 0.25) is 0 Å². The van der Waals surface area contributed by atoms with Crippen molar-refractivity contribution in [2.24, 2.45) is 0 Å². The monoisotopic (exact) mass is 584 g/mol. The lowest BCUT2D eigenvalue weighted by atomic mass is 10.1. The standard InChI is InChI=1S/C38H32O6/c1-28(39)44-38-24-34(42-26-30-13-7-3-8-14-30)20-21-35(38)36(40)22-18-32-17-19-33(41-25-29-11-5-2-6-12-29)23-37(32)43-27-31-15-9-4-10-16-31/h2-24H,25-27H2,1H3. The second kappa shape index (κ2) is 15.0. The summed E-state index contributed by atoms with van der Waals surface area (Å²) in [5, 5.41) is 0. The number of hydrogen-bond donors (Lipinski definition) is 0. The number of ether oxygens (including phenoxy) is 4. The first-order chi connectivity index (χ1) is 21.5. The SMILES string of the molecule is CC(=O)Oc1cc(OCc2ccccc2)ccc1C(=O)C=Cc1ccc(OCc2ccccc2)cc1OCc1ccccc1. The normalized spacial score (nSPS) is 10.8. The molecule has 0 heterocycles. The third-order valence-corrected chi connectivity index (χ3v) is 6.61. The predicted molar refractivity (Wildman–Crippen MR) is 170 cm³/mol. The number of carbonyl (C=O) groups is 2. The average molecular weight is 585 g/mol. The smallest absolute Gasteiger partial charge is 0.308 e. The Hall–Kier alpha value is -5.62. The highest BCUT2D eigenvalue weighted by Crippen LogP contribution is 2.30. The van der Waals surface area contributed by atoms with Gasteiger partial charge in [0.15, 0.2) is 5.78 Å². The van der Waals surface area contributed by atoms with Gasteiger partial charge in [-0.2, -0.15) is 0 Å². The maximum atomic E-state index is 13.3. The molecule has 0 aliphatic heterocycles. The fourth-order valence-corrected chi connectivity index (χ4v) is 4.37. The molecule has 220 valence electrons. The van der Waals surface area contributed by atoms with Crippen LogP contribution in [0.1, 0.15) is 39.5 Å². The van der Waals surface area contributed by atoms with Crippen LogP contribution in [0.25, 0.3) is 6.08 Å². The molecule has 6 heteroatoms. The zero-order chi connectivity index (χ0) is 30.6. The molecular weight excluding hydrogens is 552 g/mol. The Morgan fingerprint density at radius 2 is 1.05 bits per heavy atom. The molecule has 0 aromatic heterocycles. The fraction of sp³-hybridized carbons (Fsp3) is 0.105. The predicted octanol–water partition coefficient (Wildman–Crippen LogP) is 8.25. The molecule has 5 aromatic rings. The Morgan fingerprint density at radius 3 is 1.57 bits per heavy atom. The Morgan fingerprint density at radius 1 is 0.568 bits per heavy atom. The summed E-state index contributed by atoms with van der Waals surface area (Å²) in [6.45, 7) is 2.39. The Labute approximate surface area is 257 Å². The highest BCUT2D eigenvalue weighted by atomic mass is 16.5. The lowest BCUT2D eigenvalue weighted by Crippen LogP contribution is -2.07. The second-order valence-corrected chi connectivity index (χ2v) is 9.97. The first kappa shape index (κ1) is 29.9. The van der Waals surface area contributed by atoms with E-state index in [2.05, 4.69) is 0 Å². The van der Waals surface area contributed by atoms with Crippen LogP contribution in [0.4, 0.5) is 0 Å². The highest BCUT2D eigenvalue weighted by molar-refractivity contribution is 6.09. The molecule has 0 fully saturated rings. The molecule has 0 radical (unpaired) electrons. The lowest BCUT2D eigenvalue weighted by Gasteiger charge is -2.13. The van der Waals surface area contributed by atoms with Crippen LogP contribution < -0.4 is 18.9 Å². The minimum absolute atomic E-state index is 0.128. The number of benzene rings is 5. The molecule has 0 bridgehead atoms. The van der Waals surface area contributed by atoms with Gasteiger partial charge >= 0.3 is 5.97 Å². The van der Waals surface area contributed by atoms with Crippen molar-refractivity contribution < 1.29 is 28.5 Å². The van der Waals surface area contributed by atoms with E-state index in [4.69, 9.17) is 18.9 Å². The maximum Gasteiger partial charge on any atom is 0.308 e. The molecule has 0 N–H and O–H groups in total. The molecule has 0 spiro atoms. The highest BCUT2D eigenvalue weighted by Gasteiger charge is 2.15.